The summed E-state index contributed by atoms with van der Waals surface area (Å²) in [5.41, 5.74) is 5.62. The Kier molecular flexibility index (Phi) is 2.64. The summed E-state index contributed by atoms with van der Waals surface area (Å²) in [7, 11) is 2.21. The zero-order valence-electron chi connectivity index (χ0n) is 11.6. The van der Waals surface area contributed by atoms with Crippen molar-refractivity contribution in [2.24, 2.45) is 0 Å². The van der Waals surface area contributed by atoms with Crippen LogP contribution < -0.4 is 0 Å². The average Bonchev–Trinajstić information content (AvgIpc) is 2.96. The number of hydrogen-bond acceptors (Lipinski definition) is 1. The van der Waals surface area contributed by atoms with E-state index in [0.29, 0.717) is 5.92 Å². The first-order valence-corrected chi connectivity index (χ1v) is 7.15. The Labute approximate surface area is 119 Å². The van der Waals surface area contributed by atoms with Crippen LogP contribution in [0, 0.1) is 0 Å². The first-order chi connectivity index (χ1) is 9.83. The van der Waals surface area contributed by atoms with Gasteiger partial charge in [-0.25, -0.2) is 0 Å². The molecule has 100 valence electrons. The molecule has 1 N–H and O–H groups in total. The number of fused-ring (bicyclic) bond motifs is 3. The lowest BCUT2D eigenvalue weighted by atomic mass is 9.83. The van der Waals surface area contributed by atoms with E-state index in [1.54, 1.807) is 0 Å². The van der Waals surface area contributed by atoms with Crippen LogP contribution >= 0.6 is 0 Å². The van der Waals surface area contributed by atoms with Crippen LogP contribution in [0.1, 0.15) is 22.6 Å². The van der Waals surface area contributed by atoms with Crippen molar-refractivity contribution < 1.29 is 0 Å². The van der Waals surface area contributed by atoms with E-state index in [1.165, 1.54) is 27.6 Å². The van der Waals surface area contributed by atoms with Crippen molar-refractivity contribution in [1.29, 1.82) is 0 Å². The van der Waals surface area contributed by atoms with Gasteiger partial charge in [0.25, 0.3) is 0 Å². The third-order valence-electron chi connectivity index (χ3n) is 4.38. The number of nitrogens with one attached hydrogen (secondary N) is 1. The smallest absolute Gasteiger partial charge is 0.0457 e. The quantitative estimate of drug-likeness (QED) is 0.707. The number of hydrogen-bond donors (Lipinski definition) is 1. The number of rotatable bonds is 1. The molecule has 2 heterocycles. The summed E-state index contributed by atoms with van der Waals surface area (Å²) in [4.78, 5) is 5.74. The molecule has 0 saturated heterocycles. The molecule has 4 rings (SSSR count). The summed E-state index contributed by atoms with van der Waals surface area (Å²) in [6.07, 6.45) is 2.04. The van der Waals surface area contributed by atoms with E-state index in [0.717, 1.165) is 13.1 Å². The first-order valence-electron chi connectivity index (χ1n) is 7.15. The van der Waals surface area contributed by atoms with Crippen LogP contribution in [0.25, 0.3) is 10.9 Å². The third-order valence-corrected chi connectivity index (χ3v) is 4.38. The lowest BCUT2D eigenvalue weighted by Gasteiger charge is -2.33. The monoisotopic (exact) mass is 262 g/mol. The van der Waals surface area contributed by atoms with Crippen LogP contribution in [0.5, 0.6) is 0 Å². The first kappa shape index (κ1) is 11.7. The molecule has 0 saturated carbocycles. The molecule has 0 amide bonds. The molecule has 2 aromatic carbocycles. The molecule has 0 aliphatic carbocycles. The molecule has 0 fully saturated rings. The van der Waals surface area contributed by atoms with E-state index in [4.69, 9.17) is 0 Å². The van der Waals surface area contributed by atoms with Crippen molar-refractivity contribution in [2.45, 2.75) is 12.5 Å². The minimum absolute atomic E-state index is 0.476. The summed E-state index contributed by atoms with van der Waals surface area (Å²) >= 11 is 0. The second-order valence-electron chi connectivity index (χ2n) is 5.73. The fraction of sp³-hybridized carbons (Fsp3) is 0.222. The molecule has 2 nitrogen and oxygen atoms in total. The van der Waals surface area contributed by atoms with Crippen molar-refractivity contribution >= 4 is 10.9 Å². The number of aromatic nitrogens is 1. The molecule has 0 unspecified atom stereocenters. The largest absolute Gasteiger partial charge is 0.361 e. The summed E-state index contributed by atoms with van der Waals surface area (Å²) in [6, 6.07) is 17.6. The van der Waals surface area contributed by atoms with Crippen molar-refractivity contribution in [3.05, 3.63) is 71.4 Å². The summed E-state index contributed by atoms with van der Waals surface area (Å²) in [6.45, 7) is 2.13. The summed E-state index contributed by atoms with van der Waals surface area (Å²) < 4.78 is 0. The highest BCUT2D eigenvalue weighted by molar-refractivity contribution is 5.84. The van der Waals surface area contributed by atoms with Crippen LogP contribution in [-0.4, -0.2) is 23.5 Å². The molecule has 1 atom stereocenters. The standard InChI is InChI=1S/C18H18N2/c1-20-11-16(13-5-3-2-4-6-13)14-7-8-18-15(9-10-19-18)17(14)12-20/h2-10,16,19H,11-12H2,1H3/t16-/m0/s1. The van der Waals surface area contributed by atoms with Crippen molar-refractivity contribution in [1.82, 2.24) is 9.88 Å². The number of H-pyrrole nitrogens is 1. The molecule has 1 aromatic heterocycles. The van der Waals surface area contributed by atoms with Gasteiger partial charge >= 0.3 is 0 Å². The predicted octanol–water partition coefficient (Wildman–Crippen LogP) is 3.75. The second-order valence-corrected chi connectivity index (χ2v) is 5.73. The third kappa shape index (κ3) is 1.76. The molecule has 1 aliphatic heterocycles. The van der Waals surface area contributed by atoms with E-state index in [1.807, 2.05) is 6.20 Å². The molecular formula is C18H18N2. The maximum Gasteiger partial charge on any atom is 0.0457 e. The van der Waals surface area contributed by atoms with Gasteiger partial charge in [-0.05, 0) is 35.9 Å². The SMILES string of the molecule is CN1Cc2c(ccc3[nH]ccc23)[C@H](c2ccccc2)C1. The normalized spacial score (nSPS) is 19.1. The van der Waals surface area contributed by atoms with Gasteiger partial charge in [-0.1, -0.05) is 36.4 Å². The highest BCUT2D eigenvalue weighted by Crippen LogP contribution is 2.36. The van der Waals surface area contributed by atoms with E-state index in [-0.39, 0.29) is 0 Å². The van der Waals surface area contributed by atoms with Gasteiger partial charge in [0.15, 0.2) is 0 Å². The molecule has 0 spiro atoms. The summed E-state index contributed by atoms with van der Waals surface area (Å²) in [5.74, 6) is 0.476. The number of benzene rings is 2. The van der Waals surface area contributed by atoms with Crippen LogP contribution in [0.3, 0.4) is 0 Å². The molecule has 2 heteroatoms. The van der Waals surface area contributed by atoms with Gasteiger partial charge in [-0.2, -0.15) is 0 Å². The molecular weight excluding hydrogens is 244 g/mol. The Bertz CT molecular complexity index is 742. The van der Waals surface area contributed by atoms with E-state index in [9.17, 15) is 0 Å². The molecule has 0 radical (unpaired) electrons. The highest BCUT2D eigenvalue weighted by atomic mass is 15.1. The minimum atomic E-state index is 0.476. The lowest BCUT2D eigenvalue weighted by molar-refractivity contribution is 0.297. The van der Waals surface area contributed by atoms with Gasteiger partial charge in [0, 0.05) is 36.1 Å². The Balaban J connectivity index is 1.92. The lowest BCUT2D eigenvalue weighted by Crippen LogP contribution is -2.31. The predicted molar refractivity (Wildman–Crippen MR) is 82.9 cm³/mol. The van der Waals surface area contributed by atoms with Crippen LogP contribution in [-0.2, 0) is 6.54 Å². The second kappa shape index (κ2) is 4.50. The van der Waals surface area contributed by atoms with Crippen LogP contribution in [0.4, 0.5) is 0 Å². The Hall–Kier alpha value is -2.06. The fourth-order valence-electron chi connectivity index (χ4n) is 3.43. The Morgan fingerprint density at radius 3 is 2.75 bits per heavy atom. The van der Waals surface area contributed by atoms with E-state index < -0.39 is 0 Å². The average molecular weight is 262 g/mol. The van der Waals surface area contributed by atoms with Crippen LogP contribution in [0.15, 0.2) is 54.7 Å². The van der Waals surface area contributed by atoms with Gasteiger partial charge in [0.05, 0.1) is 0 Å². The topological polar surface area (TPSA) is 19.0 Å². The maximum absolute atomic E-state index is 3.32. The molecule has 1 aliphatic rings. The number of nitrogens with zero attached hydrogens (tertiary/aromatic N) is 1. The Morgan fingerprint density at radius 2 is 1.90 bits per heavy atom. The number of likely N-dealkylation sites (N-methyl/N-ethyl adjacent to an activating group) is 1. The van der Waals surface area contributed by atoms with Gasteiger partial charge < -0.3 is 9.88 Å². The van der Waals surface area contributed by atoms with Crippen LogP contribution in [0.2, 0.25) is 0 Å². The maximum atomic E-state index is 3.32. The zero-order chi connectivity index (χ0) is 13.5. The molecule has 0 bridgehead atoms. The summed E-state index contributed by atoms with van der Waals surface area (Å²) in [5, 5.41) is 1.37. The molecule has 20 heavy (non-hydrogen) atoms. The Morgan fingerprint density at radius 1 is 1.05 bits per heavy atom. The highest BCUT2D eigenvalue weighted by Gasteiger charge is 2.26. The fourth-order valence-corrected chi connectivity index (χ4v) is 3.43. The van der Waals surface area contributed by atoms with E-state index >= 15 is 0 Å². The van der Waals surface area contributed by atoms with Crippen molar-refractivity contribution in [3.8, 4) is 0 Å². The van der Waals surface area contributed by atoms with Gasteiger partial charge in [-0.3, -0.25) is 0 Å². The van der Waals surface area contributed by atoms with Gasteiger partial charge in [0.1, 0.15) is 0 Å². The van der Waals surface area contributed by atoms with Gasteiger partial charge in [-0.15, -0.1) is 0 Å². The van der Waals surface area contributed by atoms with E-state index in [2.05, 4.69) is 65.5 Å². The van der Waals surface area contributed by atoms with Gasteiger partial charge in [0.2, 0.25) is 0 Å². The van der Waals surface area contributed by atoms with Crippen molar-refractivity contribution in [3.63, 3.8) is 0 Å². The number of aromatic amines is 1. The van der Waals surface area contributed by atoms with Crippen molar-refractivity contribution in [2.75, 3.05) is 13.6 Å². The molecule has 3 aromatic rings. The zero-order valence-corrected chi connectivity index (χ0v) is 11.6. The minimum Gasteiger partial charge on any atom is -0.361 e.